The highest BCUT2D eigenvalue weighted by Gasteiger charge is 2.44. The van der Waals surface area contributed by atoms with Crippen molar-refractivity contribution >= 4 is 39.1 Å². The van der Waals surface area contributed by atoms with E-state index in [1.807, 2.05) is 23.1 Å². The number of likely N-dealkylation sites (tertiary alicyclic amines) is 1. The first-order chi connectivity index (χ1) is 12.1. The van der Waals surface area contributed by atoms with Crippen LogP contribution in [0.1, 0.15) is 49.5 Å². The molecular weight excluding hydrogens is 354 g/mol. The Morgan fingerprint density at radius 2 is 2.04 bits per heavy atom. The third kappa shape index (κ3) is 3.02. The van der Waals surface area contributed by atoms with Crippen LogP contribution in [0.3, 0.4) is 0 Å². The molecule has 0 bridgehead atoms. The molecule has 0 N–H and O–H groups in total. The number of piperidine rings is 1. The van der Waals surface area contributed by atoms with Crippen molar-refractivity contribution in [3.8, 4) is 6.07 Å². The van der Waals surface area contributed by atoms with Crippen molar-refractivity contribution in [2.75, 3.05) is 13.1 Å². The summed E-state index contributed by atoms with van der Waals surface area (Å²) in [6.07, 6.45) is 5.26. The summed E-state index contributed by atoms with van der Waals surface area (Å²) in [5.74, 6) is 0.448. The molecule has 1 amide bonds. The number of benzene rings is 1. The number of hydrogen-bond acceptors (Lipinski definition) is 4. The molecule has 1 aromatic carbocycles. The number of fused-ring (bicyclic) bond motifs is 1. The topological polar surface area (TPSA) is 57.0 Å². The minimum Gasteiger partial charge on any atom is -0.341 e. The number of amides is 1. The molecule has 130 valence electrons. The van der Waals surface area contributed by atoms with Crippen LogP contribution < -0.4 is 0 Å². The second-order valence-corrected chi connectivity index (χ2v) is 8.63. The second-order valence-electron chi connectivity index (χ2n) is 7.13. The molecule has 1 saturated heterocycles. The number of carbonyl (C=O) groups is 1. The third-order valence-corrected chi connectivity index (χ3v) is 7.01. The second kappa shape index (κ2) is 6.59. The van der Waals surface area contributed by atoms with Crippen LogP contribution in [0.25, 0.3) is 10.2 Å². The number of hydrogen-bond donors (Lipinski definition) is 0. The van der Waals surface area contributed by atoms with Crippen molar-refractivity contribution in [2.24, 2.45) is 5.41 Å². The van der Waals surface area contributed by atoms with Gasteiger partial charge >= 0.3 is 0 Å². The number of nitriles is 1. The van der Waals surface area contributed by atoms with Crippen molar-refractivity contribution in [2.45, 2.75) is 44.4 Å². The summed E-state index contributed by atoms with van der Waals surface area (Å²) >= 11 is 7.78. The normalized spacial score (nSPS) is 20.7. The van der Waals surface area contributed by atoms with Crippen LogP contribution in [0.15, 0.2) is 18.2 Å². The molecule has 1 saturated carbocycles. The summed E-state index contributed by atoms with van der Waals surface area (Å²) in [7, 11) is 0. The van der Waals surface area contributed by atoms with Gasteiger partial charge in [0.1, 0.15) is 5.41 Å². The van der Waals surface area contributed by atoms with Gasteiger partial charge in [0.05, 0.1) is 21.3 Å². The number of halogens is 1. The maximum atomic E-state index is 12.9. The fraction of sp³-hybridized carbons (Fsp3) is 0.526. The first-order valence-electron chi connectivity index (χ1n) is 8.88. The van der Waals surface area contributed by atoms with Crippen LogP contribution >= 0.6 is 22.9 Å². The first kappa shape index (κ1) is 16.8. The molecule has 1 aliphatic carbocycles. The summed E-state index contributed by atoms with van der Waals surface area (Å²) in [4.78, 5) is 19.5. The molecule has 2 fully saturated rings. The van der Waals surface area contributed by atoms with Crippen molar-refractivity contribution in [3.05, 3.63) is 28.2 Å². The van der Waals surface area contributed by atoms with Crippen LogP contribution in [-0.4, -0.2) is 28.9 Å². The molecule has 0 radical (unpaired) electrons. The van der Waals surface area contributed by atoms with Gasteiger partial charge in [0.25, 0.3) is 0 Å². The fourth-order valence-corrected chi connectivity index (χ4v) is 5.36. The predicted octanol–water partition coefficient (Wildman–Crippen LogP) is 4.74. The molecule has 25 heavy (non-hydrogen) atoms. The molecule has 0 atom stereocenters. The Kier molecular flexibility index (Phi) is 4.43. The third-order valence-electron chi connectivity index (χ3n) is 5.58. The van der Waals surface area contributed by atoms with E-state index < -0.39 is 5.41 Å². The van der Waals surface area contributed by atoms with Crippen molar-refractivity contribution in [1.29, 1.82) is 5.26 Å². The number of aromatic nitrogens is 1. The monoisotopic (exact) mass is 373 g/mol. The van der Waals surface area contributed by atoms with E-state index in [2.05, 4.69) is 6.07 Å². The average Bonchev–Trinajstić information content (AvgIpc) is 3.28. The van der Waals surface area contributed by atoms with Crippen molar-refractivity contribution in [1.82, 2.24) is 9.88 Å². The summed E-state index contributed by atoms with van der Waals surface area (Å²) in [5.41, 5.74) is 0.208. The average molecular weight is 374 g/mol. The smallest absolute Gasteiger partial charge is 0.243 e. The molecule has 2 heterocycles. The van der Waals surface area contributed by atoms with Crippen molar-refractivity contribution in [3.63, 3.8) is 0 Å². The molecule has 0 spiro atoms. The van der Waals surface area contributed by atoms with Gasteiger partial charge in [-0.15, -0.1) is 11.3 Å². The Balaban J connectivity index is 1.45. The van der Waals surface area contributed by atoms with E-state index in [1.54, 1.807) is 11.3 Å². The Morgan fingerprint density at radius 1 is 1.32 bits per heavy atom. The minimum absolute atomic E-state index is 0.0574. The zero-order valence-electron chi connectivity index (χ0n) is 14.0. The quantitative estimate of drug-likeness (QED) is 0.763. The van der Waals surface area contributed by atoms with E-state index >= 15 is 0 Å². The number of rotatable bonds is 2. The van der Waals surface area contributed by atoms with Gasteiger partial charge in [-0.05, 0) is 43.9 Å². The molecule has 2 aromatic rings. The van der Waals surface area contributed by atoms with Gasteiger partial charge in [0, 0.05) is 24.0 Å². The van der Waals surface area contributed by atoms with Crippen LogP contribution in [0, 0.1) is 16.7 Å². The Hall–Kier alpha value is -1.64. The van der Waals surface area contributed by atoms with Gasteiger partial charge < -0.3 is 4.90 Å². The maximum Gasteiger partial charge on any atom is 0.243 e. The molecule has 0 unspecified atom stereocenters. The Bertz CT molecular complexity index is 842. The lowest BCUT2D eigenvalue weighted by molar-refractivity contribution is -0.139. The molecular formula is C19H20ClN3OS. The molecule has 2 aliphatic rings. The maximum absolute atomic E-state index is 12.9. The first-order valence-corrected chi connectivity index (χ1v) is 10.1. The summed E-state index contributed by atoms with van der Waals surface area (Å²) in [5, 5.41) is 11.4. The SMILES string of the molecule is N#CC1(C(=O)N2CCC(c3nc4cc(Cl)ccc4s3)CC2)CCCC1. The zero-order chi connectivity index (χ0) is 17.4. The van der Waals surface area contributed by atoms with E-state index in [-0.39, 0.29) is 5.91 Å². The zero-order valence-corrected chi connectivity index (χ0v) is 15.6. The van der Waals surface area contributed by atoms with Gasteiger partial charge in [0.2, 0.25) is 5.91 Å². The van der Waals surface area contributed by atoms with Crippen LogP contribution in [0.2, 0.25) is 5.02 Å². The highest BCUT2D eigenvalue weighted by atomic mass is 35.5. The lowest BCUT2D eigenvalue weighted by Crippen LogP contribution is -2.45. The molecule has 4 nitrogen and oxygen atoms in total. The lowest BCUT2D eigenvalue weighted by atomic mass is 9.85. The minimum atomic E-state index is -0.751. The largest absolute Gasteiger partial charge is 0.341 e. The highest BCUT2D eigenvalue weighted by molar-refractivity contribution is 7.18. The molecule has 4 rings (SSSR count). The van der Waals surface area contributed by atoms with Gasteiger partial charge in [-0.3, -0.25) is 4.79 Å². The molecule has 6 heteroatoms. The van der Waals surface area contributed by atoms with Gasteiger partial charge in [-0.2, -0.15) is 5.26 Å². The van der Waals surface area contributed by atoms with E-state index in [0.29, 0.717) is 10.9 Å². The van der Waals surface area contributed by atoms with E-state index in [9.17, 15) is 10.1 Å². The fourth-order valence-electron chi connectivity index (χ4n) is 4.08. The number of nitrogens with zero attached hydrogens (tertiary/aromatic N) is 3. The summed E-state index contributed by atoms with van der Waals surface area (Å²) in [6.45, 7) is 1.45. The molecule has 1 aromatic heterocycles. The van der Waals surface area contributed by atoms with Gasteiger partial charge in [-0.25, -0.2) is 4.98 Å². The molecule has 1 aliphatic heterocycles. The number of thiazole rings is 1. The van der Waals surface area contributed by atoms with Gasteiger partial charge in [-0.1, -0.05) is 24.4 Å². The highest BCUT2D eigenvalue weighted by Crippen LogP contribution is 2.41. The van der Waals surface area contributed by atoms with Crippen LogP contribution in [0.4, 0.5) is 0 Å². The van der Waals surface area contributed by atoms with E-state index in [4.69, 9.17) is 16.6 Å². The van der Waals surface area contributed by atoms with Crippen molar-refractivity contribution < 1.29 is 4.79 Å². The standard InChI is InChI=1S/C19H20ClN3OS/c20-14-3-4-16-15(11-14)22-17(25-16)13-5-9-23(10-6-13)18(24)19(12-21)7-1-2-8-19/h3-4,11,13H,1-2,5-10H2. The summed E-state index contributed by atoms with van der Waals surface area (Å²) in [6, 6.07) is 8.16. The van der Waals surface area contributed by atoms with Crippen LogP contribution in [-0.2, 0) is 4.79 Å². The van der Waals surface area contributed by atoms with E-state index in [0.717, 1.165) is 66.8 Å². The van der Waals surface area contributed by atoms with Crippen LogP contribution in [0.5, 0.6) is 0 Å². The Labute approximate surface area is 156 Å². The summed E-state index contributed by atoms with van der Waals surface area (Å²) < 4.78 is 1.16. The Morgan fingerprint density at radius 3 is 2.72 bits per heavy atom. The van der Waals surface area contributed by atoms with Gasteiger partial charge in [0.15, 0.2) is 0 Å². The predicted molar refractivity (Wildman–Crippen MR) is 99.7 cm³/mol. The number of carbonyl (C=O) groups excluding carboxylic acids is 1. The lowest BCUT2D eigenvalue weighted by Gasteiger charge is -2.35. The van der Waals surface area contributed by atoms with E-state index in [1.165, 1.54) is 0 Å².